The number of rotatable bonds is 4. The fraction of sp³-hybridized carbons (Fsp3) is 0.158. The minimum atomic E-state index is -0.265. The lowest BCUT2D eigenvalue weighted by Crippen LogP contribution is -2.12. The summed E-state index contributed by atoms with van der Waals surface area (Å²) in [7, 11) is 0. The van der Waals surface area contributed by atoms with Crippen LogP contribution in [0.15, 0.2) is 42.5 Å². The average molecular weight is 387 g/mol. The number of ether oxygens (including phenoxy) is 2. The predicted molar refractivity (Wildman–Crippen MR) is 102 cm³/mol. The second kappa shape index (κ2) is 6.97. The van der Waals surface area contributed by atoms with Gasteiger partial charge in [-0.05, 0) is 36.8 Å². The van der Waals surface area contributed by atoms with Gasteiger partial charge in [0, 0.05) is 11.3 Å². The van der Waals surface area contributed by atoms with Gasteiger partial charge in [-0.3, -0.25) is 10.1 Å². The first-order valence-electron chi connectivity index (χ1n) is 8.01. The molecule has 2 aromatic carbocycles. The Morgan fingerprint density at radius 3 is 2.88 bits per heavy atom. The number of benzene rings is 2. The summed E-state index contributed by atoms with van der Waals surface area (Å²) in [6, 6.07) is 12.8. The number of aryl methyl sites for hydroxylation is 1. The molecule has 2 heterocycles. The van der Waals surface area contributed by atoms with Crippen LogP contribution in [0.4, 0.5) is 5.13 Å². The van der Waals surface area contributed by atoms with Crippen molar-refractivity contribution < 1.29 is 14.3 Å². The van der Waals surface area contributed by atoms with Crippen LogP contribution in [0, 0.1) is 6.92 Å². The first-order valence-corrected chi connectivity index (χ1v) is 9.20. The molecule has 0 atom stereocenters. The van der Waals surface area contributed by atoms with Gasteiger partial charge in [-0.1, -0.05) is 29.8 Å². The van der Waals surface area contributed by atoms with E-state index in [1.165, 1.54) is 11.3 Å². The smallest absolute Gasteiger partial charge is 0.258 e. The van der Waals surface area contributed by atoms with Crippen LogP contribution in [0.25, 0.3) is 0 Å². The monoisotopic (exact) mass is 386 g/mol. The van der Waals surface area contributed by atoms with Crippen molar-refractivity contribution in [3.63, 3.8) is 0 Å². The van der Waals surface area contributed by atoms with Crippen LogP contribution in [-0.4, -0.2) is 17.7 Å². The van der Waals surface area contributed by atoms with E-state index in [9.17, 15) is 4.79 Å². The van der Waals surface area contributed by atoms with Crippen molar-refractivity contribution >= 4 is 34.0 Å². The van der Waals surface area contributed by atoms with Gasteiger partial charge >= 0.3 is 0 Å². The lowest BCUT2D eigenvalue weighted by atomic mass is 10.1. The minimum absolute atomic E-state index is 0.261. The first kappa shape index (κ1) is 16.9. The van der Waals surface area contributed by atoms with Crippen molar-refractivity contribution in [2.24, 2.45) is 0 Å². The van der Waals surface area contributed by atoms with E-state index in [1.54, 1.807) is 24.3 Å². The third-order valence-electron chi connectivity index (χ3n) is 4.03. The van der Waals surface area contributed by atoms with Crippen LogP contribution in [0.1, 0.15) is 26.5 Å². The minimum Gasteiger partial charge on any atom is -0.454 e. The zero-order valence-corrected chi connectivity index (χ0v) is 15.5. The fourth-order valence-corrected chi connectivity index (χ4v) is 3.91. The van der Waals surface area contributed by atoms with E-state index in [4.69, 9.17) is 21.1 Å². The van der Waals surface area contributed by atoms with Crippen LogP contribution < -0.4 is 14.8 Å². The molecule has 132 valence electrons. The Morgan fingerprint density at radius 2 is 2.04 bits per heavy atom. The van der Waals surface area contributed by atoms with Crippen molar-refractivity contribution in [2.45, 2.75) is 13.3 Å². The van der Waals surface area contributed by atoms with E-state index < -0.39 is 0 Å². The molecule has 0 unspecified atom stereocenters. The predicted octanol–water partition coefficient (Wildman–Crippen LogP) is 4.68. The van der Waals surface area contributed by atoms with Crippen molar-refractivity contribution in [3.05, 3.63) is 69.2 Å². The van der Waals surface area contributed by atoms with E-state index in [0.717, 1.165) is 27.6 Å². The van der Waals surface area contributed by atoms with Crippen LogP contribution in [0.5, 0.6) is 11.5 Å². The summed E-state index contributed by atoms with van der Waals surface area (Å²) >= 11 is 7.53. The highest BCUT2D eigenvalue weighted by Crippen LogP contribution is 2.34. The van der Waals surface area contributed by atoms with Crippen molar-refractivity contribution in [3.8, 4) is 11.5 Å². The number of nitrogens with one attached hydrogen (secondary N) is 1. The van der Waals surface area contributed by atoms with Gasteiger partial charge in [-0.25, -0.2) is 4.98 Å². The van der Waals surface area contributed by atoms with Gasteiger partial charge in [0.05, 0.1) is 16.3 Å². The first-order chi connectivity index (χ1) is 12.6. The largest absolute Gasteiger partial charge is 0.454 e. The summed E-state index contributed by atoms with van der Waals surface area (Å²) in [5, 5.41) is 3.80. The maximum absolute atomic E-state index is 12.4. The molecule has 1 amide bonds. The molecule has 0 spiro atoms. The lowest BCUT2D eigenvalue weighted by Gasteiger charge is -2.03. The van der Waals surface area contributed by atoms with Gasteiger partial charge in [0.25, 0.3) is 5.91 Å². The molecule has 0 aliphatic carbocycles. The molecule has 0 radical (unpaired) electrons. The standard InChI is InChI=1S/C19H15ClN2O3S/c1-11-17(9-12-6-7-15-16(8-12)25-10-24-15)26-19(21-11)22-18(23)13-4-2-3-5-14(13)20/h2-8H,9-10H2,1H3,(H,21,22,23). The molecular formula is C19H15ClN2O3S. The van der Waals surface area contributed by atoms with E-state index in [0.29, 0.717) is 22.1 Å². The van der Waals surface area contributed by atoms with Gasteiger partial charge in [0.15, 0.2) is 16.6 Å². The molecule has 1 aliphatic heterocycles. The van der Waals surface area contributed by atoms with Crippen molar-refractivity contribution in [1.29, 1.82) is 0 Å². The summed E-state index contributed by atoms with van der Waals surface area (Å²) in [6.07, 6.45) is 0.710. The van der Waals surface area contributed by atoms with Gasteiger partial charge in [0.1, 0.15) is 0 Å². The number of fused-ring (bicyclic) bond motifs is 1. The average Bonchev–Trinajstić information content (AvgIpc) is 3.21. The highest BCUT2D eigenvalue weighted by atomic mass is 35.5. The molecule has 1 aliphatic rings. The molecule has 0 saturated heterocycles. The number of amides is 1. The highest BCUT2D eigenvalue weighted by molar-refractivity contribution is 7.15. The molecule has 0 bridgehead atoms. The number of aromatic nitrogens is 1. The lowest BCUT2D eigenvalue weighted by molar-refractivity contribution is 0.102. The molecule has 0 saturated carbocycles. The van der Waals surface area contributed by atoms with E-state index in [-0.39, 0.29) is 12.7 Å². The number of thiazole rings is 1. The van der Waals surface area contributed by atoms with Gasteiger partial charge in [-0.15, -0.1) is 11.3 Å². The van der Waals surface area contributed by atoms with Crippen molar-refractivity contribution in [1.82, 2.24) is 4.98 Å². The normalized spacial score (nSPS) is 12.2. The Balaban J connectivity index is 1.51. The van der Waals surface area contributed by atoms with Gasteiger partial charge in [0.2, 0.25) is 6.79 Å². The maximum atomic E-state index is 12.4. The third kappa shape index (κ3) is 3.38. The number of carbonyl (C=O) groups is 1. The summed E-state index contributed by atoms with van der Waals surface area (Å²) in [5.41, 5.74) is 2.42. The molecular weight excluding hydrogens is 372 g/mol. The van der Waals surface area contributed by atoms with Crippen LogP contribution in [-0.2, 0) is 6.42 Å². The van der Waals surface area contributed by atoms with E-state index >= 15 is 0 Å². The molecule has 3 aromatic rings. The van der Waals surface area contributed by atoms with Crippen LogP contribution in [0.3, 0.4) is 0 Å². The number of carbonyl (C=O) groups excluding carboxylic acids is 1. The summed E-state index contributed by atoms with van der Waals surface area (Å²) < 4.78 is 10.8. The third-order valence-corrected chi connectivity index (χ3v) is 5.44. The molecule has 4 rings (SSSR count). The van der Waals surface area contributed by atoms with Crippen LogP contribution in [0.2, 0.25) is 5.02 Å². The molecule has 26 heavy (non-hydrogen) atoms. The van der Waals surface area contributed by atoms with Gasteiger partial charge < -0.3 is 9.47 Å². The maximum Gasteiger partial charge on any atom is 0.258 e. The number of halogens is 1. The number of nitrogens with zero attached hydrogens (tertiary/aromatic N) is 1. The molecule has 5 nitrogen and oxygen atoms in total. The van der Waals surface area contributed by atoms with Crippen molar-refractivity contribution in [2.75, 3.05) is 12.1 Å². The second-order valence-corrected chi connectivity index (χ2v) is 7.32. The highest BCUT2D eigenvalue weighted by Gasteiger charge is 2.16. The van der Waals surface area contributed by atoms with Crippen LogP contribution >= 0.6 is 22.9 Å². The molecule has 7 heteroatoms. The van der Waals surface area contributed by atoms with E-state index in [2.05, 4.69) is 10.3 Å². The number of hydrogen-bond donors (Lipinski definition) is 1. The zero-order valence-electron chi connectivity index (χ0n) is 13.9. The van der Waals surface area contributed by atoms with E-state index in [1.807, 2.05) is 25.1 Å². The second-order valence-electron chi connectivity index (χ2n) is 5.83. The topological polar surface area (TPSA) is 60.5 Å². The Hall–Kier alpha value is -2.57. The number of hydrogen-bond acceptors (Lipinski definition) is 5. The Labute approximate surface area is 159 Å². The quantitative estimate of drug-likeness (QED) is 0.707. The summed E-state index contributed by atoms with van der Waals surface area (Å²) in [4.78, 5) is 17.9. The summed E-state index contributed by atoms with van der Waals surface area (Å²) in [5.74, 6) is 1.26. The molecule has 0 fully saturated rings. The van der Waals surface area contributed by atoms with Gasteiger partial charge in [-0.2, -0.15) is 0 Å². The number of anilines is 1. The zero-order chi connectivity index (χ0) is 18.1. The Kier molecular flexibility index (Phi) is 4.53. The molecule has 1 N–H and O–H groups in total. The molecule has 1 aromatic heterocycles. The fourth-order valence-electron chi connectivity index (χ4n) is 2.69. The Bertz CT molecular complexity index is 987. The Morgan fingerprint density at radius 1 is 1.23 bits per heavy atom. The SMILES string of the molecule is Cc1nc(NC(=O)c2ccccc2Cl)sc1Cc1ccc2c(c1)OCO2. The summed E-state index contributed by atoms with van der Waals surface area (Å²) in [6.45, 7) is 2.20.